The first-order valence-corrected chi connectivity index (χ1v) is 5.11. The molecule has 1 rings (SSSR count). The Bertz CT molecular complexity index is 446. The summed E-state index contributed by atoms with van der Waals surface area (Å²) in [5.74, 6) is -1.23. The summed E-state index contributed by atoms with van der Waals surface area (Å²) in [4.78, 5) is 12.2. The highest BCUT2D eigenvalue weighted by atomic mass is 19.4. The SMILES string of the molecule is CN(CCC(F)(F)F)c1ccc(N)cc1C(=O)O. The number of benzene rings is 1. The Balaban J connectivity index is 2.91. The molecule has 100 valence electrons. The Morgan fingerprint density at radius 2 is 2.06 bits per heavy atom. The number of hydrogen-bond acceptors (Lipinski definition) is 3. The molecule has 18 heavy (non-hydrogen) atoms. The van der Waals surface area contributed by atoms with E-state index in [1.165, 1.54) is 30.1 Å². The van der Waals surface area contributed by atoms with Crippen molar-refractivity contribution in [2.24, 2.45) is 0 Å². The molecule has 0 bridgehead atoms. The van der Waals surface area contributed by atoms with Crippen molar-refractivity contribution in [1.82, 2.24) is 0 Å². The third-order valence-corrected chi connectivity index (χ3v) is 2.39. The molecule has 0 amide bonds. The lowest BCUT2D eigenvalue weighted by Gasteiger charge is -2.22. The van der Waals surface area contributed by atoms with Crippen LogP contribution in [-0.2, 0) is 0 Å². The molecule has 3 N–H and O–H groups in total. The van der Waals surface area contributed by atoms with Crippen LogP contribution in [0.5, 0.6) is 0 Å². The first-order valence-electron chi connectivity index (χ1n) is 5.11. The monoisotopic (exact) mass is 262 g/mol. The third kappa shape index (κ3) is 3.83. The quantitative estimate of drug-likeness (QED) is 0.817. The van der Waals surface area contributed by atoms with Gasteiger partial charge in [0.2, 0.25) is 0 Å². The number of nitrogens with zero attached hydrogens (tertiary/aromatic N) is 1. The topological polar surface area (TPSA) is 66.6 Å². The molecule has 0 atom stereocenters. The van der Waals surface area contributed by atoms with E-state index in [1.54, 1.807) is 0 Å². The van der Waals surface area contributed by atoms with Crippen molar-refractivity contribution in [3.63, 3.8) is 0 Å². The molecule has 1 aromatic carbocycles. The van der Waals surface area contributed by atoms with E-state index in [0.717, 1.165) is 0 Å². The Hall–Kier alpha value is -1.92. The normalized spacial score (nSPS) is 11.3. The number of aromatic carboxylic acids is 1. The second-order valence-corrected chi connectivity index (χ2v) is 3.87. The van der Waals surface area contributed by atoms with Gasteiger partial charge in [-0.25, -0.2) is 4.79 Å². The largest absolute Gasteiger partial charge is 0.478 e. The maximum atomic E-state index is 12.1. The summed E-state index contributed by atoms with van der Waals surface area (Å²) in [6.45, 7) is -0.312. The van der Waals surface area contributed by atoms with Crippen LogP contribution in [-0.4, -0.2) is 30.8 Å². The van der Waals surface area contributed by atoms with Gasteiger partial charge in [0.1, 0.15) is 0 Å². The van der Waals surface area contributed by atoms with Crippen LogP contribution >= 0.6 is 0 Å². The van der Waals surface area contributed by atoms with E-state index in [9.17, 15) is 18.0 Å². The number of rotatable bonds is 4. The molecule has 0 aliphatic rings. The first kappa shape index (κ1) is 14.1. The Morgan fingerprint density at radius 3 is 2.56 bits per heavy atom. The molecule has 1 aromatic rings. The zero-order chi connectivity index (χ0) is 13.9. The van der Waals surface area contributed by atoms with E-state index in [1.807, 2.05) is 0 Å². The van der Waals surface area contributed by atoms with Gasteiger partial charge in [-0.1, -0.05) is 0 Å². The molecule has 0 fully saturated rings. The van der Waals surface area contributed by atoms with Crippen molar-refractivity contribution in [3.05, 3.63) is 23.8 Å². The van der Waals surface area contributed by atoms with Crippen LogP contribution in [0.2, 0.25) is 0 Å². The molecule has 0 heterocycles. The van der Waals surface area contributed by atoms with Gasteiger partial charge in [0.25, 0.3) is 0 Å². The number of nitrogens with two attached hydrogens (primary N) is 1. The molecule has 0 aliphatic carbocycles. The van der Waals surface area contributed by atoms with Crippen LogP contribution in [0.3, 0.4) is 0 Å². The Kier molecular flexibility index (Phi) is 4.05. The van der Waals surface area contributed by atoms with Gasteiger partial charge >= 0.3 is 12.1 Å². The van der Waals surface area contributed by atoms with Crippen LogP contribution in [0.25, 0.3) is 0 Å². The summed E-state index contributed by atoms with van der Waals surface area (Å²) in [6.07, 6.45) is -5.28. The van der Waals surface area contributed by atoms with Gasteiger partial charge in [-0.2, -0.15) is 13.2 Å². The van der Waals surface area contributed by atoms with Gasteiger partial charge in [-0.15, -0.1) is 0 Å². The fourth-order valence-electron chi connectivity index (χ4n) is 1.47. The number of halogens is 3. The summed E-state index contributed by atoms with van der Waals surface area (Å²) < 4.78 is 36.3. The van der Waals surface area contributed by atoms with E-state index in [-0.39, 0.29) is 23.5 Å². The fourth-order valence-corrected chi connectivity index (χ4v) is 1.47. The Labute approximate surface area is 102 Å². The number of hydrogen-bond donors (Lipinski definition) is 2. The van der Waals surface area contributed by atoms with Crippen molar-refractivity contribution >= 4 is 17.3 Å². The number of alkyl halides is 3. The van der Waals surface area contributed by atoms with E-state index in [2.05, 4.69) is 0 Å². The lowest BCUT2D eigenvalue weighted by molar-refractivity contribution is -0.132. The molecule has 0 unspecified atom stereocenters. The average molecular weight is 262 g/mol. The zero-order valence-corrected chi connectivity index (χ0v) is 9.66. The number of nitrogen functional groups attached to an aromatic ring is 1. The third-order valence-electron chi connectivity index (χ3n) is 2.39. The summed E-state index contributed by atoms with van der Waals surface area (Å²) in [5, 5.41) is 8.96. The second kappa shape index (κ2) is 5.16. The van der Waals surface area contributed by atoms with E-state index >= 15 is 0 Å². The minimum atomic E-state index is -4.27. The maximum Gasteiger partial charge on any atom is 0.390 e. The molecular formula is C11H13F3N2O2. The van der Waals surface area contributed by atoms with Crippen molar-refractivity contribution < 1.29 is 23.1 Å². The number of carboxylic acids is 1. The van der Waals surface area contributed by atoms with Gasteiger partial charge in [-0.3, -0.25) is 0 Å². The van der Waals surface area contributed by atoms with Gasteiger partial charge in [-0.05, 0) is 18.2 Å². The average Bonchev–Trinajstić information content (AvgIpc) is 2.24. The zero-order valence-electron chi connectivity index (χ0n) is 9.66. The standard InChI is InChI=1S/C11H13F3N2O2/c1-16(5-4-11(12,13)14)9-3-2-7(15)6-8(9)10(17)18/h2-3,6H,4-5,15H2,1H3,(H,17,18). The number of carboxylic acid groups (broad SMARTS) is 1. The summed E-state index contributed by atoms with van der Waals surface area (Å²) in [5.41, 5.74) is 5.79. The highest BCUT2D eigenvalue weighted by Crippen LogP contribution is 2.25. The minimum absolute atomic E-state index is 0.111. The van der Waals surface area contributed by atoms with Crippen molar-refractivity contribution in [1.29, 1.82) is 0 Å². The molecule has 4 nitrogen and oxygen atoms in total. The van der Waals surface area contributed by atoms with Gasteiger partial charge in [0, 0.05) is 19.3 Å². The second-order valence-electron chi connectivity index (χ2n) is 3.87. The molecule has 7 heteroatoms. The van der Waals surface area contributed by atoms with Gasteiger partial charge in [0.05, 0.1) is 17.7 Å². The first-order chi connectivity index (χ1) is 8.20. The fraction of sp³-hybridized carbons (Fsp3) is 0.364. The number of carbonyl (C=O) groups is 1. The van der Waals surface area contributed by atoms with Crippen LogP contribution in [0.15, 0.2) is 18.2 Å². The molecule has 0 saturated carbocycles. The summed E-state index contributed by atoms with van der Waals surface area (Å²) in [7, 11) is 1.41. The minimum Gasteiger partial charge on any atom is -0.478 e. The molecule has 0 spiro atoms. The van der Waals surface area contributed by atoms with Crippen molar-refractivity contribution in [2.45, 2.75) is 12.6 Å². The van der Waals surface area contributed by atoms with Crippen molar-refractivity contribution in [2.75, 3.05) is 24.2 Å². The lowest BCUT2D eigenvalue weighted by Crippen LogP contribution is -2.25. The van der Waals surface area contributed by atoms with Crippen molar-refractivity contribution in [3.8, 4) is 0 Å². The van der Waals surface area contributed by atoms with Crippen LogP contribution in [0.4, 0.5) is 24.5 Å². The Morgan fingerprint density at radius 1 is 1.44 bits per heavy atom. The highest BCUT2D eigenvalue weighted by Gasteiger charge is 2.27. The summed E-state index contributed by atoms with van der Waals surface area (Å²) in [6, 6.07) is 4.07. The molecule has 0 saturated heterocycles. The smallest absolute Gasteiger partial charge is 0.390 e. The van der Waals surface area contributed by atoms with E-state index in [4.69, 9.17) is 10.8 Å². The van der Waals surface area contributed by atoms with E-state index in [0.29, 0.717) is 0 Å². The molecule has 0 aliphatic heterocycles. The number of anilines is 2. The predicted molar refractivity (Wildman–Crippen MR) is 61.8 cm³/mol. The molecule has 0 aromatic heterocycles. The lowest BCUT2D eigenvalue weighted by atomic mass is 10.1. The summed E-state index contributed by atoms with van der Waals surface area (Å²) >= 11 is 0. The maximum absolute atomic E-state index is 12.1. The van der Waals surface area contributed by atoms with Gasteiger partial charge in [0.15, 0.2) is 0 Å². The predicted octanol–water partition coefficient (Wildman–Crippen LogP) is 2.36. The molecule has 0 radical (unpaired) electrons. The van der Waals surface area contributed by atoms with Crippen LogP contribution in [0, 0.1) is 0 Å². The highest BCUT2D eigenvalue weighted by molar-refractivity contribution is 5.95. The van der Waals surface area contributed by atoms with E-state index < -0.39 is 18.6 Å². The van der Waals surface area contributed by atoms with Crippen LogP contribution in [0.1, 0.15) is 16.8 Å². The van der Waals surface area contributed by atoms with Gasteiger partial charge < -0.3 is 15.7 Å². The molecular weight excluding hydrogens is 249 g/mol. The van der Waals surface area contributed by atoms with Crippen LogP contribution < -0.4 is 10.6 Å².